The van der Waals surface area contributed by atoms with Gasteiger partial charge in [-0.25, -0.2) is 4.79 Å². The zero-order valence-electron chi connectivity index (χ0n) is 10.4. The van der Waals surface area contributed by atoms with E-state index in [1.54, 1.807) is 18.2 Å². The first-order valence-corrected chi connectivity index (χ1v) is 6.12. The molecule has 0 bridgehead atoms. The van der Waals surface area contributed by atoms with E-state index in [1.165, 1.54) is 6.07 Å². The number of nitrogens with one attached hydrogen (secondary N) is 1. The molecular formula is C12H16N4O3. The maximum atomic E-state index is 11.0. The summed E-state index contributed by atoms with van der Waals surface area (Å²) in [7, 11) is 0. The van der Waals surface area contributed by atoms with Gasteiger partial charge in [-0.05, 0) is 18.9 Å². The third-order valence-electron chi connectivity index (χ3n) is 3.26. The number of para-hydroxylation sites is 2. The van der Waals surface area contributed by atoms with Gasteiger partial charge in [0, 0.05) is 25.2 Å². The van der Waals surface area contributed by atoms with E-state index in [1.807, 2.05) is 4.90 Å². The Hall–Kier alpha value is -2.31. The molecule has 2 amide bonds. The number of urea groups is 1. The number of nitrogens with two attached hydrogens (primary N) is 1. The Labute approximate surface area is 110 Å². The van der Waals surface area contributed by atoms with E-state index in [9.17, 15) is 14.9 Å². The summed E-state index contributed by atoms with van der Waals surface area (Å²) in [5, 5.41) is 13.6. The van der Waals surface area contributed by atoms with E-state index in [0.29, 0.717) is 18.8 Å². The van der Waals surface area contributed by atoms with E-state index >= 15 is 0 Å². The Morgan fingerprint density at radius 1 is 1.37 bits per heavy atom. The predicted octanol–water partition coefficient (Wildman–Crippen LogP) is 1.23. The Morgan fingerprint density at radius 2 is 2.00 bits per heavy atom. The fourth-order valence-electron chi connectivity index (χ4n) is 2.35. The van der Waals surface area contributed by atoms with Crippen molar-refractivity contribution in [3.8, 4) is 0 Å². The maximum absolute atomic E-state index is 11.0. The van der Waals surface area contributed by atoms with Crippen molar-refractivity contribution >= 4 is 17.4 Å². The summed E-state index contributed by atoms with van der Waals surface area (Å²) in [6.45, 7) is 1.32. The van der Waals surface area contributed by atoms with Gasteiger partial charge in [0.2, 0.25) is 0 Å². The summed E-state index contributed by atoms with van der Waals surface area (Å²) in [6.07, 6.45) is 1.46. The Bertz CT molecular complexity index is 484. The molecule has 1 saturated heterocycles. The van der Waals surface area contributed by atoms with Crippen molar-refractivity contribution in [2.24, 2.45) is 5.73 Å². The van der Waals surface area contributed by atoms with Gasteiger partial charge in [0.25, 0.3) is 5.69 Å². The third kappa shape index (κ3) is 3.12. The molecule has 19 heavy (non-hydrogen) atoms. The summed E-state index contributed by atoms with van der Waals surface area (Å²) < 4.78 is 0. The molecule has 1 aromatic rings. The Morgan fingerprint density at radius 3 is 2.58 bits per heavy atom. The van der Waals surface area contributed by atoms with Crippen molar-refractivity contribution in [2.75, 3.05) is 18.0 Å². The topological polar surface area (TPSA) is 102 Å². The van der Waals surface area contributed by atoms with Crippen molar-refractivity contribution in [1.29, 1.82) is 0 Å². The number of piperidine rings is 1. The number of hydrogen-bond donors (Lipinski definition) is 2. The molecule has 0 spiro atoms. The minimum atomic E-state index is -0.524. The lowest BCUT2D eigenvalue weighted by atomic mass is 10.0. The van der Waals surface area contributed by atoms with E-state index in [0.717, 1.165) is 12.8 Å². The minimum Gasteiger partial charge on any atom is -0.366 e. The lowest BCUT2D eigenvalue weighted by Crippen LogP contribution is -2.46. The highest BCUT2D eigenvalue weighted by atomic mass is 16.6. The molecule has 1 fully saturated rings. The minimum absolute atomic E-state index is 0.0523. The van der Waals surface area contributed by atoms with Gasteiger partial charge in [-0.3, -0.25) is 10.1 Å². The fourth-order valence-corrected chi connectivity index (χ4v) is 2.35. The molecule has 0 saturated carbocycles. The molecule has 1 aliphatic rings. The largest absolute Gasteiger partial charge is 0.366 e. The normalized spacial score (nSPS) is 16.1. The molecule has 2 rings (SSSR count). The second-order valence-corrected chi connectivity index (χ2v) is 4.52. The van der Waals surface area contributed by atoms with Gasteiger partial charge < -0.3 is 16.0 Å². The van der Waals surface area contributed by atoms with Crippen LogP contribution < -0.4 is 16.0 Å². The smallest absolute Gasteiger partial charge is 0.312 e. The molecule has 1 aliphatic heterocycles. The second-order valence-electron chi connectivity index (χ2n) is 4.52. The number of benzene rings is 1. The molecule has 3 N–H and O–H groups in total. The summed E-state index contributed by atoms with van der Waals surface area (Å²) in [4.78, 5) is 23.3. The fraction of sp³-hybridized carbons (Fsp3) is 0.417. The molecule has 1 aromatic carbocycles. The number of anilines is 1. The van der Waals surface area contributed by atoms with Gasteiger partial charge in [-0.1, -0.05) is 12.1 Å². The first kappa shape index (κ1) is 13.1. The molecular weight excluding hydrogens is 248 g/mol. The number of carbonyl (C=O) groups excluding carboxylic acids is 1. The SMILES string of the molecule is NC(=O)NC1CCN(c2ccccc2[N+](=O)[O-])CC1. The van der Waals surface area contributed by atoms with Crippen LogP contribution in [0.4, 0.5) is 16.2 Å². The maximum Gasteiger partial charge on any atom is 0.312 e. The molecule has 0 atom stereocenters. The van der Waals surface area contributed by atoms with Gasteiger partial charge in [-0.2, -0.15) is 0 Å². The van der Waals surface area contributed by atoms with Crippen LogP contribution in [0.25, 0.3) is 0 Å². The van der Waals surface area contributed by atoms with E-state index in [2.05, 4.69) is 5.32 Å². The van der Waals surface area contributed by atoms with Crippen LogP contribution in [0.5, 0.6) is 0 Å². The average Bonchev–Trinajstić information content (AvgIpc) is 2.39. The van der Waals surface area contributed by atoms with Gasteiger partial charge in [0.05, 0.1) is 4.92 Å². The number of amides is 2. The Kier molecular flexibility index (Phi) is 3.84. The van der Waals surface area contributed by atoms with Crippen LogP contribution in [-0.4, -0.2) is 30.1 Å². The molecule has 0 aliphatic carbocycles. The van der Waals surface area contributed by atoms with Crippen LogP contribution in [0.2, 0.25) is 0 Å². The van der Waals surface area contributed by atoms with Crippen LogP contribution in [0.3, 0.4) is 0 Å². The summed E-state index contributed by atoms with van der Waals surface area (Å²) in [5.74, 6) is 0. The highest BCUT2D eigenvalue weighted by molar-refractivity contribution is 5.72. The summed E-state index contributed by atoms with van der Waals surface area (Å²) >= 11 is 0. The zero-order chi connectivity index (χ0) is 13.8. The van der Waals surface area contributed by atoms with E-state index in [-0.39, 0.29) is 16.7 Å². The van der Waals surface area contributed by atoms with Crippen molar-refractivity contribution < 1.29 is 9.72 Å². The van der Waals surface area contributed by atoms with Crippen LogP contribution in [0.15, 0.2) is 24.3 Å². The lowest BCUT2D eigenvalue weighted by molar-refractivity contribution is -0.384. The highest BCUT2D eigenvalue weighted by Gasteiger charge is 2.24. The van der Waals surface area contributed by atoms with E-state index in [4.69, 9.17) is 5.73 Å². The first-order valence-electron chi connectivity index (χ1n) is 6.12. The van der Waals surface area contributed by atoms with Crippen molar-refractivity contribution in [3.05, 3.63) is 34.4 Å². The molecule has 102 valence electrons. The number of carbonyl (C=O) groups is 1. The number of nitro benzene ring substituents is 1. The number of rotatable bonds is 3. The van der Waals surface area contributed by atoms with Crippen molar-refractivity contribution in [3.63, 3.8) is 0 Å². The summed E-state index contributed by atoms with van der Waals surface area (Å²) in [5.41, 5.74) is 5.82. The number of nitrogens with zero attached hydrogens (tertiary/aromatic N) is 2. The van der Waals surface area contributed by atoms with Crippen LogP contribution >= 0.6 is 0 Å². The first-order chi connectivity index (χ1) is 9.08. The highest BCUT2D eigenvalue weighted by Crippen LogP contribution is 2.29. The van der Waals surface area contributed by atoms with E-state index < -0.39 is 6.03 Å². The van der Waals surface area contributed by atoms with Crippen molar-refractivity contribution in [2.45, 2.75) is 18.9 Å². The second kappa shape index (κ2) is 5.55. The summed E-state index contributed by atoms with van der Waals surface area (Å²) in [6, 6.07) is 6.22. The molecule has 0 aromatic heterocycles. The van der Waals surface area contributed by atoms with Crippen molar-refractivity contribution in [1.82, 2.24) is 5.32 Å². The number of hydrogen-bond acceptors (Lipinski definition) is 4. The predicted molar refractivity (Wildman–Crippen MR) is 71.1 cm³/mol. The van der Waals surface area contributed by atoms with Gasteiger partial charge >= 0.3 is 6.03 Å². The van der Waals surface area contributed by atoms with Crippen LogP contribution in [0.1, 0.15) is 12.8 Å². The van der Waals surface area contributed by atoms with Gasteiger partial charge in [0.1, 0.15) is 5.69 Å². The molecule has 0 unspecified atom stereocenters. The monoisotopic (exact) mass is 264 g/mol. The van der Waals surface area contributed by atoms with Gasteiger partial charge in [0.15, 0.2) is 0 Å². The third-order valence-corrected chi connectivity index (χ3v) is 3.26. The quantitative estimate of drug-likeness (QED) is 0.633. The van der Waals surface area contributed by atoms with Crippen LogP contribution in [0, 0.1) is 10.1 Å². The average molecular weight is 264 g/mol. The standard InChI is InChI=1S/C12H16N4O3/c13-12(17)14-9-5-7-15(8-6-9)10-3-1-2-4-11(10)16(18)19/h1-4,9H,5-8H2,(H3,13,14,17). The Balaban J connectivity index is 2.05. The molecule has 1 heterocycles. The lowest BCUT2D eigenvalue weighted by Gasteiger charge is -2.33. The molecule has 7 nitrogen and oxygen atoms in total. The van der Waals surface area contributed by atoms with Crippen LogP contribution in [-0.2, 0) is 0 Å². The zero-order valence-corrected chi connectivity index (χ0v) is 10.4. The molecule has 0 radical (unpaired) electrons. The number of nitro groups is 1. The van der Waals surface area contributed by atoms with Gasteiger partial charge in [-0.15, -0.1) is 0 Å². The number of primary amides is 1. The molecule has 7 heteroatoms.